The Kier molecular flexibility index (Phi) is 3.48. The third-order valence-electron chi connectivity index (χ3n) is 3.68. The molecule has 0 radical (unpaired) electrons. The number of carbonyl (C=O) groups excluding carboxylic acids is 1. The molecule has 1 heterocycles. The molecule has 4 heteroatoms. The van der Waals surface area contributed by atoms with Crippen LogP contribution in [-0.2, 0) is 19.4 Å². The Bertz CT molecular complexity index is 597. The normalized spacial score (nSPS) is 14.1. The second kappa shape index (κ2) is 5.43. The molecule has 1 aromatic heterocycles. The molecule has 1 aromatic carbocycles. The van der Waals surface area contributed by atoms with Crippen molar-refractivity contribution in [3.63, 3.8) is 0 Å². The van der Waals surface area contributed by atoms with E-state index in [1.54, 1.807) is 12.3 Å². The van der Waals surface area contributed by atoms with E-state index >= 15 is 0 Å². The Morgan fingerprint density at radius 1 is 1.20 bits per heavy atom. The fraction of sp³-hybridized carbons (Fsp3) is 0.250. The van der Waals surface area contributed by atoms with Gasteiger partial charge >= 0.3 is 0 Å². The van der Waals surface area contributed by atoms with Gasteiger partial charge in [0.15, 0.2) is 0 Å². The van der Waals surface area contributed by atoms with Crippen LogP contribution in [0.4, 0.5) is 0 Å². The quantitative estimate of drug-likeness (QED) is 0.884. The van der Waals surface area contributed by atoms with Gasteiger partial charge in [-0.25, -0.2) is 0 Å². The lowest BCUT2D eigenvalue weighted by Crippen LogP contribution is -2.35. The zero-order valence-electron chi connectivity index (χ0n) is 11.2. The van der Waals surface area contributed by atoms with E-state index in [4.69, 9.17) is 5.73 Å². The monoisotopic (exact) mass is 267 g/mol. The van der Waals surface area contributed by atoms with Crippen molar-refractivity contribution in [1.82, 2.24) is 10.3 Å². The van der Waals surface area contributed by atoms with Crippen molar-refractivity contribution in [2.75, 3.05) is 0 Å². The number of benzene rings is 1. The molecule has 1 aliphatic rings. The van der Waals surface area contributed by atoms with Crippen LogP contribution in [0.15, 0.2) is 42.6 Å². The molecule has 0 unspecified atom stereocenters. The summed E-state index contributed by atoms with van der Waals surface area (Å²) in [5.41, 5.74) is 9.53. The smallest absolute Gasteiger partial charge is 0.270 e. The molecule has 1 amide bonds. The van der Waals surface area contributed by atoms with Gasteiger partial charge in [0, 0.05) is 18.8 Å². The van der Waals surface area contributed by atoms with Crippen molar-refractivity contribution in [2.45, 2.75) is 25.4 Å². The van der Waals surface area contributed by atoms with Crippen LogP contribution >= 0.6 is 0 Å². The molecule has 0 bridgehead atoms. The van der Waals surface area contributed by atoms with Crippen LogP contribution in [0.2, 0.25) is 0 Å². The molecule has 0 spiro atoms. The van der Waals surface area contributed by atoms with Gasteiger partial charge in [0.1, 0.15) is 5.69 Å². The minimum absolute atomic E-state index is 0.119. The Hall–Kier alpha value is -2.20. The van der Waals surface area contributed by atoms with Gasteiger partial charge < -0.3 is 11.1 Å². The summed E-state index contributed by atoms with van der Waals surface area (Å²) in [6.45, 7) is 0.437. The second-order valence-corrected chi connectivity index (χ2v) is 5.10. The molecular formula is C16H17N3O. The van der Waals surface area contributed by atoms with E-state index in [-0.39, 0.29) is 11.9 Å². The number of rotatable bonds is 3. The number of nitrogens with one attached hydrogen (secondary N) is 1. The lowest BCUT2D eigenvalue weighted by molar-refractivity contribution is 0.0933. The van der Waals surface area contributed by atoms with Gasteiger partial charge in [0.05, 0.1) is 0 Å². The van der Waals surface area contributed by atoms with Crippen molar-refractivity contribution in [3.8, 4) is 0 Å². The molecule has 0 aliphatic heterocycles. The minimum atomic E-state index is -0.119. The van der Waals surface area contributed by atoms with Crippen molar-refractivity contribution in [3.05, 3.63) is 65.0 Å². The van der Waals surface area contributed by atoms with E-state index in [2.05, 4.69) is 22.4 Å². The van der Waals surface area contributed by atoms with Crippen molar-refractivity contribution < 1.29 is 4.79 Å². The van der Waals surface area contributed by atoms with Gasteiger partial charge in [-0.05, 0) is 35.6 Å². The molecule has 0 fully saturated rings. The van der Waals surface area contributed by atoms with Crippen LogP contribution < -0.4 is 11.1 Å². The van der Waals surface area contributed by atoms with Crippen molar-refractivity contribution in [2.24, 2.45) is 5.73 Å². The molecule has 0 saturated carbocycles. The average Bonchev–Trinajstić information content (AvgIpc) is 2.89. The first-order valence-corrected chi connectivity index (χ1v) is 6.79. The van der Waals surface area contributed by atoms with Crippen molar-refractivity contribution in [1.29, 1.82) is 0 Å². The maximum absolute atomic E-state index is 12.1. The molecule has 20 heavy (non-hydrogen) atoms. The Labute approximate surface area is 118 Å². The number of carbonyl (C=O) groups is 1. The zero-order valence-corrected chi connectivity index (χ0v) is 11.2. The predicted octanol–water partition coefficient (Wildman–Crippen LogP) is 1.44. The fourth-order valence-corrected chi connectivity index (χ4v) is 2.60. The van der Waals surface area contributed by atoms with Gasteiger partial charge in [0.25, 0.3) is 5.91 Å². The van der Waals surface area contributed by atoms with E-state index in [1.165, 1.54) is 11.1 Å². The lowest BCUT2D eigenvalue weighted by Gasteiger charge is -2.11. The first-order valence-electron chi connectivity index (χ1n) is 6.79. The van der Waals surface area contributed by atoms with Crippen molar-refractivity contribution >= 4 is 5.91 Å². The highest BCUT2D eigenvalue weighted by Gasteiger charge is 2.23. The number of fused-ring (bicyclic) bond motifs is 1. The highest BCUT2D eigenvalue weighted by molar-refractivity contribution is 5.92. The Morgan fingerprint density at radius 3 is 2.45 bits per heavy atom. The highest BCUT2D eigenvalue weighted by atomic mass is 16.1. The summed E-state index contributed by atoms with van der Waals surface area (Å²) in [4.78, 5) is 16.3. The SMILES string of the molecule is NCc1ccc(C(=O)NC2Cc3ccccc3C2)nc1. The number of aromatic nitrogens is 1. The van der Waals surface area contributed by atoms with E-state index in [9.17, 15) is 4.79 Å². The summed E-state index contributed by atoms with van der Waals surface area (Å²) >= 11 is 0. The Morgan fingerprint density at radius 2 is 1.90 bits per heavy atom. The standard InChI is InChI=1S/C16H17N3O/c17-9-11-5-6-15(18-10-11)16(20)19-14-7-12-3-1-2-4-13(12)8-14/h1-6,10,14H,7-9,17H2,(H,19,20). The topological polar surface area (TPSA) is 68.0 Å². The third kappa shape index (κ3) is 2.56. The van der Waals surface area contributed by atoms with E-state index in [0.717, 1.165) is 18.4 Å². The average molecular weight is 267 g/mol. The first-order chi connectivity index (χ1) is 9.76. The van der Waals surface area contributed by atoms with Crippen LogP contribution in [0.5, 0.6) is 0 Å². The lowest BCUT2D eigenvalue weighted by atomic mass is 10.1. The number of nitrogens with zero attached hydrogens (tertiary/aromatic N) is 1. The van der Waals surface area contributed by atoms with Crippen LogP contribution in [-0.4, -0.2) is 16.9 Å². The largest absolute Gasteiger partial charge is 0.347 e. The maximum Gasteiger partial charge on any atom is 0.270 e. The Balaban J connectivity index is 1.65. The zero-order chi connectivity index (χ0) is 13.9. The number of hydrogen-bond donors (Lipinski definition) is 2. The molecule has 4 nitrogen and oxygen atoms in total. The molecule has 0 atom stereocenters. The van der Waals surface area contributed by atoms with Gasteiger partial charge in [-0.2, -0.15) is 0 Å². The fourth-order valence-electron chi connectivity index (χ4n) is 2.60. The third-order valence-corrected chi connectivity index (χ3v) is 3.68. The van der Waals surface area contributed by atoms with Gasteiger partial charge in [-0.1, -0.05) is 30.3 Å². The van der Waals surface area contributed by atoms with E-state index < -0.39 is 0 Å². The molecule has 102 valence electrons. The summed E-state index contributed by atoms with van der Waals surface area (Å²) < 4.78 is 0. The molecular weight excluding hydrogens is 250 g/mol. The summed E-state index contributed by atoms with van der Waals surface area (Å²) in [6.07, 6.45) is 3.43. The second-order valence-electron chi connectivity index (χ2n) is 5.10. The summed E-state index contributed by atoms with van der Waals surface area (Å²) in [5, 5.41) is 3.05. The highest BCUT2D eigenvalue weighted by Crippen LogP contribution is 2.21. The van der Waals surface area contributed by atoms with Gasteiger partial charge in [-0.3, -0.25) is 9.78 Å². The number of pyridine rings is 1. The number of nitrogens with two attached hydrogens (primary N) is 1. The maximum atomic E-state index is 12.1. The van der Waals surface area contributed by atoms with Crippen LogP contribution in [0.3, 0.4) is 0 Å². The number of hydrogen-bond acceptors (Lipinski definition) is 3. The van der Waals surface area contributed by atoms with Crippen LogP contribution in [0, 0.1) is 0 Å². The van der Waals surface area contributed by atoms with Crippen LogP contribution in [0.1, 0.15) is 27.2 Å². The molecule has 3 N–H and O–H groups in total. The molecule has 1 aliphatic carbocycles. The van der Waals surface area contributed by atoms with E-state index in [1.807, 2.05) is 18.2 Å². The van der Waals surface area contributed by atoms with Gasteiger partial charge in [-0.15, -0.1) is 0 Å². The molecule has 0 saturated heterocycles. The summed E-state index contributed by atoms with van der Waals surface area (Å²) in [7, 11) is 0. The summed E-state index contributed by atoms with van der Waals surface area (Å²) in [6, 6.07) is 12.0. The first kappa shape index (κ1) is 12.8. The molecule has 3 rings (SSSR count). The van der Waals surface area contributed by atoms with Crippen LogP contribution in [0.25, 0.3) is 0 Å². The van der Waals surface area contributed by atoms with E-state index in [0.29, 0.717) is 12.2 Å². The number of amides is 1. The predicted molar refractivity (Wildman–Crippen MR) is 77.2 cm³/mol. The van der Waals surface area contributed by atoms with Gasteiger partial charge in [0.2, 0.25) is 0 Å². The summed E-state index contributed by atoms with van der Waals surface area (Å²) in [5.74, 6) is -0.119. The minimum Gasteiger partial charge on any atom is -0.347 e. The molecule has 2 aromatic rings.